The zero-order valence-electron chi connectivity index (χ0n) is 12.4. The molecule has 5 nitrogen and oxygen atoms in total. The zero-order chi connectivity index (χ0) is 14.1. The Morgan fingerprint density at radius 1 is 1.05 bits per heavy atom. The summed E-state index contributed by atoms with van der Waals surface area (Å²) in [6.07, 6.45) is 2.72. The van der Waals surface area contributed by atoms with Gasteiger partial charge in [-0.25, -0.2) is 9.78 Å². The Morgan fingerprint density at radius 3 is 2.65 bits per heavy atom. The highest BCUT2D eigenvalue weighted by Crippen LogP contribution is 2.60. The molecular formula is C15H24O5. The van der Waals surface area contributed by atoms with Crippen LogP contribution in [0.2, 0.25) is 0 Å². The Morgan fingerprint density at radius 2 is 1.85 bits per heavy atom. The molecule has 4 heterocycles. The van der Waals surface area contributed by atoms with E-state index in [1.54, 1.807) is 0 Å². The molecule has 5 fully saturated rings. The van der Waals surface area contributed by atoms with E-state index in [1.807, 2.05) is 13.8 Å². The van der Waals surface area contributed by atoms with Crippen molar-refractivity contribution in [1.82, 2.24) is 0 Å². The van der Waals surface area contributed by atoms with Crippen molar-refractivity contribution in [3.63, 3.8) is 0 Å². The van der Waals surface area contributed by atoms with E-state index in [-0.39, 0.29) is 11.8 Å². The summed E-state index contributed by atoms with van der Waals surface area (Å²) in [7, 11) is 0. The second-order valence-corrected chi connectivity index (χ2v) is 7.30. The standard InChI is InChI=1S/C15H24O5/c1-8-4-5-11-9(2)12(16)17-13-15(11)10(8)6-7-14(3,18-13)19-20-15/h8-13,16H,4-7H2,1-3H3/t8-,9-,10?,11?,12-,13-,14+,15-/m1/s1. The van der Waals surface area contributed by atoms with Crippen LogP contribution >= 0.6 is 0 Å². The first-order valence-corrected chi connectivity index (χ1v) is 7.84. The van der Waals surface area contributed by atoms with Gasteiger partial charge in [0.05, 0.1) is 0 Å². The SMILES string of the molecule is C[C@@H]1CCC2[C@@H](C)[C@H](O)O[C@@H]3O[C@]4(C)CCC1[C@@]23OO4. The van der Waals surface area contributed by atoms with Crippen LogP contribution in [-0.2, 0) is 19.2 Å². The predicted molar refractivity (Wildman–Crippen MR) is 69.0 cm³/mol. The average molecular weight is 284 g/mol. The van der Waals surface area contributed by atoms with Gasteiger partial charge in [-0.2, -0.15) is 0 Å². The minimum atomic E-state index is -0.781. The average Bonchev–Trinajstić information content (AvgIpc) is 2.63. The summed E-state index contributed by atoms with van der Waals surface area (Å²) in [5.41, 5.74) is -0.549. The van der Waals surface area contributed by atoms with Gasteiger partial charge in [-0.1, -0.05) is 13.8 Å². The highest BCUT2D eigenvalue weighted by atomic mass is 17.3. The Kier molecular flexibility index (Phi) is 2.81. The molecule has 8 atom stereocenters. The van der Waals surface area contributed by atoms with Crippen molar-refractivity contribution >= 4 is 0 Å². The molecule has 1 N–H and O–H groups in total. The maximum Gasteiger partial charge on any atom is 0.201 e. The van der Waals surface area contributed by atoms with Crippen molar-refractivity contribution in [2.45, 2.75) is 70.4 Å². The normalized spacial score (nSPS) is 61.8. The van der Waals surface area contributed by atoms with Gasteiger partial charge in [0.15, 0.2) is 18.2 Å². The van der Waals surface area contributed by atoms with Crippen LogP contribution in [0.15, 0.2) is 0 Å². The van der Waals surface area contributed by atoms with E-state index in [4.69, 9.17) is 19.2 Å². The van der Waals surface area contributed by atoms with Crippen LogP contribution in [-0.4, -0.2) is 29.1 Å². The first-order valence-electron chi connectivity index (χ1n) is 7.84. The minimum Gasteiger partial charge on any atom is -0.368 e. The molecule has 0 amide bonds. The van der Waals surface area contributed by atoms with E-state index >= 15 is 0 Å². The van der Waals surface area contributed by atoms with Crippen LogP contribution in [0.5, 0.6) is 0 Å². The Bertz CT molecular complexity index is 411. The molecule has 20 heavy (non-hydrogen) atoms. The number of aliphatic hydroxyl groups excluding tert-OH is 1. The van der Waals surface area contributed by atoms with Gasteiger partial charge in [0.25, 0.3) is 0 Å². The lowest BCUT2D eigenvalue weighted by atomic mass is 9.58. The largest absolute Gasteiger partial charge is 0.368 e. The minimum absolute atomic E-state index is 0.0379. The molecule has 1 aliphatic carbocycles. The number of fused-ring (bicyclic) bond motifs is 2. The summed E-state index contributed by atoms with van der Waals surface area (Å²) in [6, 6.07) is 0. The van der Waals surface area contributed by atoms with Gasteiger partial charge in [0.2, 0.25) is 5.79 Å². The molecule has 114 valence electrons. The number of hydrogen-bond acceptors (Lipinski definition) is 5. The van der Waals surface area contributed by atoms with Gasteiger partial charge in [-0.3, -0.25) is 0 Å². The third kappa shape index (κ3) is 1.56. The fourth-order valence-corrected chi connectivity index (χ4v) is 4.89. The molecule has 2 unspecified atom stereocenters. The van der Waals surface area contributed by atoms with Gasteiger partial charge in [0.1, 0.15) is 0 Å². The fraction of sp³-hybridized carbons (Fsp3) is 1.00. The van der Waals surface area contributed by atoms with Crippen LogP contribution in [0.1, 0.15) is 46.5 Å². The summed E-state index contributed by atoms with van der Waals surface area (Å²) in [5, 5.41) is 10.2. The summed E-state index contributed by atoms with van der Waals surface area (Å²) in [6.45, 7) is 6.22. The second-order valence-electron chi connectivity index (χ2n) is 7.30. The number of ether oxygens (including phenoxy) is 2. The lowest BCUT2D eigenvalue weighted by Crippen LogP contribution is -2.70. The first kappa shape index (κ1) is 13.5. The van der Waals surface area contributed by atoms with Crippen molar-refractivity contribution in [2.75, 3.05) is 0 Å². The quantitative estimate of drug-likeness (QED) is 0.691. The van der Waals surface area contributed by atoms with Gasteiger partial charge < -0.3 is 14.6 Å². The molecule has 5 heteroatoms. The Hall–Kier alpha value is -0.200. The summed E-state index contributed by atoms with van der Waals surface area (Å²) < 4.78 is 11.9. The van der Waals surface area contributed by atoms with Crippen LogP contribution < -0.4 is 0 Å². The van der Waals surface area contributed by atoms with Crippen LogP contribution in [0.25, 0.3) is 0 Å². The van der Waals surface area contributed by atoms with E-state index in [0.717, 1.165) is 19.3 Å². The summed E-state index contributed by atoms with van der Waals surface area (Å²) >= 11 is 0. The smallest absolute Gasteiger partial charge is 0.201 e. The van der Waals surface area contributed by atoms with Crippen molar-refractivity contribution in [3.8, 4) is 0 Å². The van der Waals surface area contributed by atoms with Crippen LogP contribution in [0.4, 0.5) is 0 Å². The molecule has 0 aromatic rings. The van der Waals surface area contributed by atoms with Crippen LogP contribution in [0.3, 0.4) is 0 Å². The van der Waals surface area contributed by atoms with Crippen molar-refractivity contribution in [2.24, 2.45) is 23.7 Å². The van der Waals surface area contributed by atoms with E-state index in [9.17, 15) is 5.11 Å². The lowest BCUT2D eigenvalue weighted by Gasteiger charge is -2.59. The Labute approximate surface area is 119 Å². The number of aliphatic hydroxyl groups is 1. The van der Waals surface area contributed by atoms with E-state index < -0.39 is 24.0 Å². The molecule has 2 bridgehead atoms. The third-order valence-corrected chi connectivity index (χ3v) is 6.12. The maximum absolute atomic E-state index is 10.2. The highest BCUT2D eigenvalue weighted by molar-refractivity contribution is 5.08. The molecule has 5 aliphatic rings. The molecule has 0 aromatic carbocycles. The van der Waals surface area contributed by atoms with Gasteiger partial charge in [0, 0.05) is 18.3 Å². The molecular weight excluding hydrogens is 260 g/mol. The molecule has 1 spiro atoms. The first-order chi connectivity index (χ1) is 9.46. The van der Waals surface area contributed by atoms with Gasteiger partial charge in [-0.05, 0) is 38.0 Å². The second kappa shape index (κ2) is 4.17. The predicted octanol–water partition coefficient (Wildman–Crippen LogP) is 2.19. The van der Waals surface area contributed by atoms with Gasteiger partial charge in [-0.15, -0.1) is 0 Å². The fourth-order valence-electron chi connectivity index (χ4n) is 4.89. The van der Waals surface area contributed by atoms with Gasteiger partial charge >= 0.3 is 0 Å². The molecule has 4 aliphatic heterocycles. The third-order valence-electron chi connectivity index (χ3n) is 6.12. The monoisotopic (exact) mass is 284 g/mol. The van der Waals surface area contributed by atoms with Crippen molar-refractivity contribution < 1.29 is 24.4 Å². The number of rotatable bonds is 0. The molecule has 1 saturated carbocycles. The Balaban J connectivity index is 1.82. The van der Waals surface area contributed by atoms with Crippen molar-refractivity contribution in [3.05, 3.63) is 0 Å². The molecule has 4 saturated heterocycles. The topological polar surface area (TPSA) is 57.2 Å². The van der Waals surface area contributed by atoms with E-state index in [1.165, 1.54) is 6.42 Å². The van der Waals surface area contributed by atoms with E-state index in [0.29, 0.717) is 11.8 Å². The molecule has 5 rings (SSSR count). The molecule has 0 radical (unpaired) electrons. The highest BCUT2D eigenvalue weighted by Gasteiger charge is 2.69. The molecule has 0 aromatic heterocycles. The lowest BCUT2D eigenvalue weighted by molar-refractivity contribution is -0.576. The summed E-state index contributed by atoms with van der Waals surface area (Å²) in [5.74, 6) is 0.437. The van der Waals surface area contributed by atoms with Crippen LogP contribution in [0, 0.1) is 23.7 Å². The van der Waals surface area contributed by atoms with Crippen molar-refractivity contribution in [1.29, 1.82) is 0 Å². The number of hydrogen-bond donors (Lipinski definition) is 1. The van der Waals surface area contributed by atoms with E-state index in [2.05, 4.69) is 6.92 Å². The zero-order valence-corrected chi connectivity index (χ0v) is 12.4. The summed E-state index contributed by atoms with van der Waals surface area (Å²) in [4.78, 5) is 11.6. The maximum atomic E-state index is 10.2.